The van der Waals surface area contributed by atoms with E-state index in [4.69, 9.17) is 10.2 Å². The maximum atomic E-state index is 14.2. The molecule has 1 aromatic heterocycles. The number of aliphatic hydroxyl groups is 2. The molecule has 3 aliphatic rings. The Hall–Kier alpha value is -4.15. The van der Waals surface area contributed by atoms with Gasteiger partial charge in [0, 0.05) is 29.8 Å². The first-order valence-electron chi connectivity index (χ1n) is 13.6. The van der Waals surface area contributed by atoms with Crippen molar-refractivity contribution in [2.24, 2.45) is 23.5 Å². The number of ketones is 2. The first-order valence-corrected chi connectivity index (χ1v) is 13.6. The van der Waals surface area contributed by atoms with Gasteiger partial charge in [0.15, 0.2) is 11.6 Å². The summed E-state index contributed by atoms with van der Waals surface area (Å²) >= 11 is 0. The number of aromatic hydroxyl groups is 1. The number of aliphatic hydroxyl groups excluding tert-OH is 2. The lowest BCUT2D eigenvalue weighted by molar-refractivity contribution is -0.127. The topological polar surface area (TPSA) is 166 Å². The normalized spacial score (nSPS) is 24.5. The second-order valence-corrected chi connectivity index (χ2v) is 11.3. The number of allylic oxidation sites excluding steroid dienone is 3. The fraction of sp³-hybridized carbons (Fsp3) is 0.387. The van der Waals surface area contributed by atoms with Crippen LogP contribution < -0.4 is 11.1 Å². The molecule has 0 saturated carbocycles. The summed E-state index contributed by atoms with van der Waals surface area (Å²) in [6, 6.07) is 2.87. The molecule has 0 saturated heterocycles. The number of primary amides is 1. The van der Waals surface area contributed by atoms with E-state index >= 15 is 0 Å². The number of amides is 1. The van der Waals surface area contributed by atoms with Crippen LogP contribution in [0, 0.1) is 17.8 Å². The minimum atomic E-state index is -1.22. The number of furan rings is 1. The quantitative estimate of drug-likeness (QED) is 0.252. The first kappa shape index (κ1) is 28.4. The van der Waals surface area contributed by atoms with Crippen molar-refractivity contribution in [1.29, 1.82) is 0 Å². The summed E-state index contributed by atoms with van der Waals surface area (Å²) in [7, 11) is 3.40. The number of Topliss-reactive ketones (excluding diaryl/α,β-unsaturated/α-hetero) is 2. The predicted octanol–water partition coefficient (Wildman–Crippen LogP) is 3.32. The van der Waals surface area contributed by atoms with Gasteiger partial charge in [-0.1, -0.05) is 11.6 Å². The Morgan fingerprint density at radius 3 is 2.56 bits per heavy atom. The molecule has 0 spiro atoms. The number of likely N-dealkylation sites (N-methyl/N-ethyl adjacent to an activating group) is 1. The van der Waals surface area contributed by atoms with Gasteiger partial charge in [-0.05, 0) is 75.9 Å². The number of hydrogen-bond acceptors (Lipinski definition) is 9. The Balaban J connectivity index is 1.65. The molecule has 216 valence electrons. The number of nitrogens with one attached hydrogen (secondary N) is 1. The maximum Gasteiger partial charge on any atom is 0.255 e. The van der Waals surface area contributed by atoms with Gasteiger partial charge in [0.1, 0.15) is 22.8 Å². The van der Waals surface area contributed by atoms with Crippen molar-refractivity contribution in [2.75, 3.05) is 20.6 Å². The Morgan fingerprint density at radius 2 is 1.95 bits per heavy atom. The summed E-state index contributed by atoms with van der Waals surface area (Å²) in [6.45, 7) is 4.81. The predicted molar refractivity (Wildman–Crippen MR) is 151 cm³/mol. The standard InChI is InChI=1S/C31H35N3O7/c1-5-14(2)11-33-12-17-10-18(15-6-7-41-13-15)19-8-16-9-20-23(28(37)21(16)27(36)22(19)26(17)35)29(38)24(31(32)40)30(39)25(20)34(3)4/h5-7,10,13,16,20,23,25,33,35,37,39H,8-9,11-12H2,1-4H3,(H2,32,40)/b14-5-/t16?,20?,23?,25-/m0/s1. The van der Waals surface area contributed by atoms with Gasteiger partial charge in [-0.3, -0.25) is 19.3 Å². The van der Waals surface area contributed by atoms with Gasteiger partial charge >= 0.3 is 0 Å². The molecular weight excluding hydrogens is 526 g/mol. The molecule has 10 heteroatoms. The molecule has 0 radical (unpaired) electrons. The number of carbonyl (C=O) groups excluding carboxylic acids is 3. The molecule has 5 rings (SSSR count). The Morgan fingerprint density at radius 1 is 1.22 bits per heavy atom. The van der Waals surface area contributed by atoms with E-state index in [0.717, 1.165) is 16.7 Å². The van der Waals surface area contributed by atoms with Crippen molar-refractivity contribution in [3.63, 3.8) is 0 Å². The third-order valence-electron chi connectivity index (χ3n) is 8.69. The van der Waals surface area contributed by atoms with E-state index in [1.165, 1.54) is 6.26 Å². The van der Waals surface area contributed by atoms with Crippen LogP contribution >= 0.6 is 0 Å². The highest BCUT2D eigenvalue weighted by molar-refractivity contribution is 6.22. The van der Waals surface area contributed by atoms with Crippen LogP contribution in [0.5, 0.6) is 5.75 Å². The number of phenolic OH excluding ortho intramolecular Hbond substituents is 1. The van der Waals surface area contributed by atoms with Crippen LogP contribution in [0.1, 0.15) is 41.8 Å². The zero-order valence-electron chi connectivity index (χ0n) is 23.5. The molecular formula is C31H35N3O7. The number of rotatable bonds is 7. The van der Waals surface area contributed by atoms with Gasteiger partial charge in [-0.2, -0.15) is 0 Å². The monoisotopic (exact) mass is 561 g/mol. The third kappa shape index (κ3) is 4.57. The highest BCUT2D eigenvalue weighted by Gasteiger charge is 2.54. The van der Waals surface area contributed by atoms with E-state index in [1.807, 2.05) is 26.0 Å². The summed E-state index contributed by atoms with van der Waals surface area (Å²) in [5.74, 6) is -5.80. The van der Waals surface area contributed by atoms with E-state index < -0.39 is 58.4 Å². The van der Waals surface area contributed by atoms with E-state index in [0.29, 0.717) is 24.1 Å². The maximum absolute atomic E-state index is 14.2. The molecule has 1 heterocycles. The van der Waals surface area contributed by atoms with E-state index in [2.05, 4.69) is 5.32 Å². The van der Waals surface area contributed by atoms with Crippen molar-refractivity contribution >= 4 is 17.5 Å². The zero-order valence-corrected chi connectivity index (χ0v) is 23.5. The lowest BCUT2D eigenvalue weighted by Crippen LogP contribution is -2.53. The summed E-state index contributed by atoms with van der Waals surface area (Å²) in [6.07, 6.45) is 5.70. The van der Waals surface area contributed by atoms with Crippen LogP contribution in [-0.2, 0) is 22.6 Å². The van der Waals surface area contributed by atoms with Crippen LogP contribution in [-0.4, -0.2) is 64.4 Å². The molecule has 1 amide bonds. The van der Waals surface area contributed by atoms with Crippen molar-refractivity contribution in [3.8, 4) is 16.9 Å². The lowest BCUT2D eigenvalue weighted by Gasteiger charge is -2.46. The molecule has 3 unspecified atom stereocenters. The van der Waals surface area contributed by atoms with Gasteiger partial charge in [-0.25, -0.2) is 0 Å². The van der Waals surface area contributed by atoms with Crippen molar-refractivity contribution in [3.05, 3.63) is 75.7 Å². The van der Waals surface area contributed by atoms with Crippen LogP contribution in [0.15, 0.2) is 63.4 Å². The lowest BCUT2D eigenvalue weighted by atomic mass is 9.60. The van der Waals surface area contributed by atoms with Gasteiger partial charge in [0.25, 0.3) is 5.91 Å². The summed E-state index contributed by atoms with van der Waals surface area (Å²) < 4.78 is 5.34. The second-order valence-electron chi connectivity index (χ2n) is 11.3. The Bertz CT molecular complexity index is 1530. The Kier molecular flexibility index (Phi) is 7.39. The van der Waals surface area contributed by atoms with Gasteiger partial charge in [0.2, 0.25) is 0 Å². The average molecular weight is 562 g/mol. The summed E-state index contributed by atoms with van der Waals surface area (Å²) in [4.78, 5) is 41.4. The minimum absolute atomic E-state index is 0.0538. The first-order chi connectivity index (χ1) is 19.5. The minimum Gasteiger partial charge on any atom is -0.511 e. The highest BCUT2D eigenvalue weighted by atomic mass is 16.3. The molecule has 1 aromatic carbocycles. The molecule has 0 bridgehead atoms. The number of carbonyl (C=O) groups is 3. The largest absolute Gasteiger partial charge is 0.511 e. The molecule has 3 aliphatic carbocycles. The molecule has 10 nitrogen and oxygen atoms in total. The smallest absolute Gasteiger partial charge is 0.255 e. The van der Waals surface area contributed by atoms with Crippen LogP contribution in [0.4, 0.5) is 0 Å². The van der Waals surface area contributed by atoms with Gasteiger partial charge in [0.05, 0.1) is 30.0 Å². The van der Waals surface area contributed by atoms with Crippen molar-refractivity contribution in [1.82, 2.24) is 10.2 Å². The van der Waals surface area contributed by atoms with Crippen LogP contribution in [0.25, 0.3) is 11.1 Å². The highest BCUT2D eigenvalue weighted by Crippen LogP contribution is 2.52. The SMILES string of the molecule is C/C=C(/C)CNCc1cc(-c2ccoc2)c2c(c1O)C(=O)C1=C(O)C3C(=O)C(C(N)=O)=C(O)[C@@H](N(C)C)C3CC1C2. The number of fused-ring (bicyclic) bond motifs is 3. The van der Waals surface area contributed by atoms with Crippen molar-refractivity contribution < 1.29 is 34.1 Å². The van der Waals surface area contributed by atoms with Gasteiger partial charge in [-0.15, -0.1) is 0 Å². The average Bonchev–Trinajstić information content (AvgIpc) is 3.43. The van der Waals surface area contributed by atoms with Crippen LogP contribution in [0.2, 0.25) is 0 Å². The van der Waals surface area contributed by atoms with E-state index in [-0.39, 0.29) is 29.9 Å². The fourth-order valence-corrected chi connectivity index (χ4v) is 6.70. The number of phenols is 1. The van der Waals surface area contributed by atoms with E-state index in [9.17, 15) is 29.7 Å². The summed E-state index contributed by atoms with van der Waals surface area (Å²) in [5, 5.41) is 37.1. The molecule has 6 N–H and O–H groups in total. The number of hydrogen-bond donors (Lipinski definition) is 5. The Labute approximate surface area is 237 Å². The molecule has 0 aliphatic heterocycles. The van der Waals surface area contributed by atoms with Crippen LogP contribution in [0.3, 0.4) is 0 Å². The zero-order chi connectivity index (χ0) is 29.7. The molecule has 4 atom stereocenters. The van der Waals surface area contributed by atoms with Gasteiger partial charge < -0.3 is 30.8 Å². The number of nitrogens with zero attached hydrogens (tertiary/aromatic N) is 1. The van der Waals surface area contributed by atoms with E-state index in [1.54, 1.807) is 31.3 Å². The molecule has 0 fully saturated rings. The molecule has 2 aromatic rings. The second kappa shape index (κ2) is 10.7. The number of nitrogens with two attached hydrogens (primary N) is 1. The molecule has 41 heavy (non-hydrogen) atoms. The summed E-state index contributed by atoms with van der Waals surface area (Å²) in [5.41, 5.74) is 8.77. The third-order valence-corrected chi connectivity index (χ3v) is 8.69. The van der Waals surface area contributed by atoms with Crippen molar-refractivity contribution in [2.45, 2.75) is 39.3 Å². The fourth-order valence-electron chi connectivity index (χ4n) is 6.70. The number of benzene rings is 1.